The summed E-state index contributed by atoms with van der Waals surface area (Å²) in [5, 5.41) is 0. The van der Waals surface area contributed by atoms with Gasteiger partial charge in [-0.25, -0.2) is 12.8 Å². The van der Waals surface area contributed by atoms with Crippen LogP contribution in [0.5, 0.6) is 0 Å². The predicted octanol–water partition coefficient (Wildman–Crippen LogP) is 2.26. The summed E-state index contributed by atoms with van der Waals surface area (Å²) in [5.41, 5.74) is 1.71. The molecule has 2 rings (SSSR count). The SMILES string of the molecule is CS(=O)(=O)Nc1ccncc1-c1ccc(F)cc1. The number of pyridine rings is 1. The Hall–Kier alpha value is -1.95. The largest absolute Gasteiger partial charge is 0.283 e. The zero-order valence-electron chi connectivity index (χ0n) is 9.59. The smallest absolute Gasteiger partial charge is 0.229 e. The minimum absolute atomic E-state index is 0.347. The monoisotopic (exact) mass is 266 g/mol. The van der Waals surface area contributed by atoms with Crippen molar-refractivity contribution >= 4 is 15.7 Å². The Kier molecular flexibility index (Phi) is 3.29. The van der Waals surface area contributed by atoms with Crippen LogP contribution in [0.2, 0.25) is 0 Å². The Morgan fingerprint density at radius 1 is 1.17 bits per heavy atom. The highest BCUT2D eigenvalue weighted by molar-refractivity contribution is 7.92. The average Bonchev–Trinajstić information content (AvgIpc) is 2.29. The third-order valence-corrected chi connectivity index (χ3v) is 2.86. The van der Waals surface area contributed by atoms with Crippen LogP contribution in [0.4, 0.5) is 10.1 Å². The van der Waals surface area contributed by atoms with E-state index in [1.165, 1.54) is 24.5 Å². The van der Waals surface area contributed by atoms with Crippen molar-refractivity contribution in [2.24, 2.45) is 0 Å². The number of nitrogens with one attached hydrogen (secondary N) is 1. The minimum Gasteiger partial charge on any atom is -0.283 e. The zero-order chi connectivity index (χ0) is 13.2. The van der Waals surface area contributed by atoms with Crippen molar-refractivity contribution < 1.29 is 12.8 Å². The summed E-state index contributed by atoms with van der Waals surface area (Å²) in [6.07, 6.45) is 4.09. The molecule has 0 amide bonds. The summed E-state index contributed by atoms with van der Waals surface area (Å²) in [5.74, 6) is -0.347. The lowest BCUT2D eigenvalue weighted by molar-refractivity contribution is 0.607. The van der Waals surface area contributed by atoms with E-state index < -0.39 is 10.0 Å². The molecule has 1 aromatic heterocycles. The van der Waals surface area contributed by atoms with E-state index in [2.05, 4.69) is 9.71 Å². The second-order valence-corrected chi connectivity index (χ2v) is 5.55. The molecule has 0 radical (unpaired) electrons. The lowest BCUT2D eigenvalue weighted by atomic mass is 10.1. The van der Waals surface area contributed by atoms with E-state index in [9.17, 15) is 12.8 Å². The summed E-state index contributed by atoms with van der Waals surface area (Å²) in [4.78, 5) is 3.95. The fourth-order valence-corrected chi connectivity index (χ4v) is 2.12. The molecule has 18 heavy (non-hydrogen) atoms. The van der Waals surface area contributed by atoms with Crippen molar-refractivity contribution in [3.8, 4) is 11.1 Å². The first-order chi connectivity index (χ1) is 8.46. The Bertz CT molecular complexity index is 654. The van der Waals surface area contributed by atoms with Crippen molar-refractivity contribution in [2.45, 2.75) is 0 Å². The molecular formula is C12H11FN2O2S. The minimum atomic E-state index is -3.37. The van der Waals surface area contributed by atoms with Gasteiger partial charge in [-0.2, -0.15) is 0 Å². The van der Waals surface area contributed by atoms with Crippen LogP contribution in [0.15, 0.2) is 42.7 Å². The van der Waals surface area contributed by atoms with E-state index in [1.807, 2.05) is 0 Å². The summed E-state index contributed by atoms with van der Waals surface area (Å²) in [6.45, 7) is 0. The van der Waals surface area contributed by atoms with Gasteiger partial charge in [-0.05, 0) is 23.8 Å². The Labute approximate surface area is 105 Å². The second kappa shape index (κ2) is 4.73. The van der Waals surface area contributed by atoms with Crippen molar-refractivity contribution in [1.29, 1.82) is 0 Å². The number of sulfonamides is 1. The number of hydrogen-bond acceptors (Lipinski definition) is 3. The Balaban J connectivity index is 2.48. The third kappa shape index (κ3) is 3.04. The highest BCUT2D eigenvalue weighted by Crippen LogP contribution is 2.27. The molecule has 94 valence electrons. The molecule has 6 heteroatoms. The molecule has 0 atom stereocenters. The van der Waals surface area contributed by atoms with Crippen LogP contribution in [-0.4, -0.2) is 19.7 Å². The molecule has 0 spiro atoms. The van der Waals surface area contributed by atoms with Gasteiger partial charge in [0.15, 0.2) is 0 Å². The highest BCUT2D eigenvalue weighted by atomic mass is 32.2. The molecule has 0 saturated carbocycles. The fourth-order valence-electron chi connectivity index (χ4n) is 1.54. The highest BCUT2D eigenvalue weighted by Gasteiger charge is 2.09. The van der Waals surface area contributed by atoms with Crippen molar-refractivity contribution in [3.63, 3.8) is 0 Å². The average molecular weight is 266 g/mol. The first-order valence-electron chi connectivity index (χ1n) is 5.13. The number of anilines is 1. The molecule has 2 aromatic rings. The van der Waals surface area contributed by atoms with Crippen LogP contribution < -0.4 is 4.72 Å². The van der Waals surface area contributed by atoms with E-state index in [1.54, 1.807) is 18.2 Å². The van der Waals surface area contributed by atoms with E-state index in [0.717, 1.165) is 6.26 Å². The number of rotatable bonds is 3. The zero-order valence-corrected chi connectivity index (χ0v) is 10.4. The van der Waals surface area contributed by atoms with Gasteiger partial charge in [-0.3, -0.25) is 9.71 Å². The molecule has 1 N–H and O–H groups in total. The maximum absolute atomic E-state index is 12.8. The summed E-state index contributed by atoms with van der Waals surface area (Å²) in [7, 11) is -3.37. The molecule has 1 heterocycles. The van der Waals surface area contributed by atoms with Gasteiger partial charge in [0.1, 0.15) is 5.82 Å². The molecule has 0 aliphatic carbocycles. The molecule has 0 fully saturated rings. The number of aromatic nitrogens is 1. The number of benzene rings is 1. The normalized spacial score (nSPS) is 11.2. The molecule has 4 nitrogen and oxygen atoms in total. The molecule has 0 aliphatic rings. The maximum Gasteiger partial charge on any atom is 0.229 e. The number of hydrogen-bond donors (Lipinski definition) is 1. The second-order valence-electron chi connectivity index (χ2n) is 3.80. The first kappa shape index (κ1) is 12.5. The molecule has 0 bridgehead atoms. The van der Waals surface area contributed by atoms with Gasteiger partial charge in [0.2, 0.25) is 10.0 Å². The topological polar surface area (TPSA) is 59.1 Å². The van der Waals surface area contributed by atoms with Gasteiger partial charge in [0, 0.05) is 18.0 Å². The van der Waals surface area contributed by atoms with Crippen LogP contribution in [0.25, 0.3) is 11.1 Å². The van der Waals surface area contributed by atoms with Crippen molar-refractivity contribution in [3.05, 3.63) is 48.5 Å². The molecular weight excluding hydrogens is 255 g/mol. The molecule has 0 saturated heterocycles. The summed E-state index contributed by atoms with van der Waals surface area (Å²) < 4.78 is 37.7. The van der Waals surface area contributed by atoms with Gasteiger partial charge in [0.25, 0.3) is 0 Å². The van der Waals surface area contributed by atoms with E-state index >= 15 is 0 Å². The van der Waals surface area contributed by atoms with Crippen molar-refractivity contribution in [2.75, 3.05) is 11.0 Å². The van der Waals surface area contributed by atoms with Gasteiger partial charge >= 0.3 is 0 Å². The van der Waals surface area contributed by atoms with Crippen LogP contribution in [0.1, 0.15) is 0 Å². The number of halogens is 1. The summed E-state index contributed by atoms with van der Waals surface area (Å²) in [6, 6.07) is 7.32. The van der Waals surface area contributed by atoms with Gasteiger partial charge in [-0.15, -0.1) is 0 Å². The summed E-state index contributed by atoms with van der Waals surface area (Å²) >= 11 is 0. The van der Waals surface area contributed by atoms with Crippen LogP contribution in [-0.2, 0) is 10.0 Å². The van der Waals surface area contributed by atoms with Crippen LogP contribution in [0, 0.1) is 5.82 Å². The van der Waals surface area contributed by atoms with Crippen LogP contribution >= 0.6 is 0 Å². The lowest BCUT2D eigenvalue weighted by Crippen LogP contribution is -2.10. The lowest BCUT2D eigenvalue weighted by Gasteiger charge is -2.09. The standard InChI is InChI=1S/C12H11FN2O2S/c1-18(16,17)15-12-6-7-14-8-11(12)9-2-4-10(13)5-3-9/h2-8H,1H3,(H,14,15). The van der Waals surface area contributed by atoms with Crippen LogP contribution in [0.3, 0.4) is 0 Å². The fraction of sp³-hybridized carbons (Fsp3) is 0.0833. The molecule has 0 aliphatic heterocycles. The van der Waals surface area contributed by atoms with E-state index in [4.69, 9.17) is 0 Å². The maximum atomic E-state index is 12.8. The third-order valence-electron chi connectivity index (χ3n) is 2.27. The predicted molar refractivity (Wildman–Crippen MR) is 68.1 cm³/mol. The molecule has 1 aromatic carbocycles. The van der Waals surface area contributed by atoms with E-state index in [-0.39, 0.29) is 5.82 Å². The Morgan fingerprint density at radius 2 is 1.83 bits per heavy atom. The van der Waals surface area contributed by atoms with Gasteiger partial charge < -0.3 is 0 Å². The van der Waals surface area contributed by atoms with Crippen molar-refractivity contribution in [1.82, 2.24) is 4.98 Å². The quantitative estimate of drug-likeness (QED) is 0.927. The Morgan fingerprint density at radius 3 is 2.44 bits per heavy atom. The van der Waals surface area contributed by atoms with Gasteiger partial charge in [-0.1, -0.05) is 12.1 Å². The van der Waals surface area contributed by atoms with E-state index in [0.29, 0.717) is 16.8 Å². The van der Waals surface area contributed by atoms with Gasteiger partial charge in [0.05, 0.1) is 11.9 Å². The first-order valence-corrected chi connectivity index (χ1v) is 7.02. The molecule has 0 unspecified atom stereocenters. The number of nitrogens with zero attached hydrogens (tertiary/aromatic N) is 1.